The zero-order valence-corrected chi connectivity index (χ0v) is 16.5. The lowest BCUT2D eigenvalue weighted by atomic mass is 9.97. The van der Waals surface area contributed by atoms with Gasteiger partial charge in [-0.05, 0) is 56.6 Å². The Kier molecular flexibility index (Phi) is 4.79. The lowest BCUT2D eigenvalue weighted by Crippen LogP contribution is -2.36. The van der Waals surface area contributed by atoms with Crippen molar-refractivity contribution in [2.45, 2.75) is 51.0 Å². The van der Waals surface area contributed by atoms with Crippen LogP contribution >= 0.6 is 0 Å². The van der Waals surface area contributed by atoms with E-state index in [-0.39, 0.29) is 5.91 Å². The van der Waals surface area contributed by atoms with Crippen LogP contribution in [0.2, 0.25) is 0 Å². The van der Waals surface area contributed by atoms with E-state index in [0.717, 1.165) is 63.7 Å². The summed E-state index contributed by atoms with van der Waals surface area (Å²) in [6.07, 6.45) is 13.1. The summed E-state index contributed by atoms with van der Waals surface area (Å²) in [6, 6.07) is 3.96. The standard InChI is InChI=1S/C22H29N5O/c28-22(25-10-1-2-11-25)18-7-8-20(24-14-18)26-12-3-4-19(16-26)21-23-9-13-27(21)15-17-5-6-17/h7-9,13-14,17,19H,1-6,10-12,15-16H2. The fourth-order valence-electron chi connectivity index (χ4n) is 4.61. The molecule has 3 fully saturated rings. The van der Waals surface area contributed by atoms with E-state index in [2.05, 4.69) is 20.6 Å². The number of pyridine rings is 1. The molecule has 1 atom stereocenters. The first-order valence-electron chi connectivity index (χ1n) is 10.8. The summed E-state index contributed by atoms with van der Waals surface area (Å²) in [5.74, 6) is 3.64. The van der Waals surface area contributed by atoms with E-state index < -0.39 is 0 Å². The van der Waals surface area contributed by atoms with Crippen LogP contribution in [-0.2, 0) is 6.54 Å². The number of hydrogen-bond acceptors (Lipinski definition) is 4. The first-order valence-corrected chi connectivity index (χ1v) is 10.8. The minimum absolute atomic E-state index is 0.121. The van der Waals surface area contributed by atoms with Crippen LogP contribution in [0.25, 0.3) is 0 Å². The van der Waals surface area contributed by atoms with Crippen molar-refractivity contribution in [3.05, 3.63) is 42.1 Å². The molecule has 6 heteroatoms. The summed E-state index contributed by atoms with van der Waals surface area (Å²) in [5, 5.41) is 0. The summed E-state index contributed by atoms with van der Waals surface area (Å²) in [5.41, 5.74) is 0.708. The van der Waals surface area contributed by atoms with Crippen molar-refractivity contribution >= 4 is 11.7 Å². The average Bonchev–Trinajstić information content (AvgIpc) is 3.20. The Labute approximate surface area is 166 Å². The highest BCUT2D eigenvalue weighted by Crippen LogP contribution is 2.33. The Hall–Kier alpha value is -2.37. The molecule has 2 aliphatic heterocycles. The van der Waals surface area contributed by atoms with Crippen LogP contribution in [0.3, 0.4) is 0 Å². The molecule has 1 saturated carbocycles. The van der Waals surface area contributed by atoms with Crippen molar-refractivity contribution in [3.63, 3.8) is 0 Å². The molecule has 0 N–H and O–H groups in total. The van der Waals surface area contributed by atoms with Gasteiger partial charge in [-0.15, -0.1) is 0 Å². The molecule has 5 rings (SSSR count). The Bertz CT molecular complexity index is 820. The number of aromatic nitrogens is 3. The Morgan fingerprint density at radius 1 is 1.04 bits per heavy atom. The second-order valence-electron chi connectivity index (χ2n) is 8.57. The van der Waals surface area contributed by atoms with Gasteiger partial charge >= 0.3 is 0 Å². The van der Waals surface area contributed by atoms with E-state index in [0.29, 0.717) is 11.5 Å². The maximum Gasteiger partial charge on any atom is 0.255 e. The average molecular weight is 380 g/mol. The molecule has 0 aromatic carbocycles. The van der Waals surface area contributed by atoms with Crippen LogP contribution in [0.1, 0.15) is 60.6 Å². The second kappa shape index (κ2) is 7.57. The van der Waals surface area contributed by atoms with Gasteiger partial charge in [0.2, 0.25) is 0 Å². The molecular formula is C22H29N5O. The highest BCUT2D eigenvalue weighted by atomic mass is 16.2. The normalized spacial score (nSPS) is 22.6. The lowest BCUT2D eigenvalue weighted by molar-refractivity contribution is 0.0792. The van der Waals surface area contributed by atoms with E-state index in [1.54, 1.807) is 6.20 Å². The van der Waals surface area contributed by atoms with Gasteiger partial charge in [0.05, 0.1) is 5.56 Å². The van der Waals surface area contributed by atoms with Gasteiger partial charge in [0.15, 0.2) is 0 Å². The molecule has 0 spiro atoms. The highest BCUT2D eigenvalue weighted by Gasteiger charge is 2.28. The number of imidazole rings is 1. The maximum absolute atomic E-state index is 12.5. The van der Waals surface area contributed by atoms with Crippen LogP contribution in [0.4, 0.5) is 5.82 Å². The smallest absolute Gasteiger partial charge is 0.255 e. The molecular weight excluding hydrogens is 350 g/mol. The number of likely N-dealkylation sites (tertiary alicyclic amines) is 1. The third kappa shape index (κ3) is 3.64. The van der Waals surface area contributed by atoms with Crippen molar-refractivity contribution in [2.24, 2.45) is 5.92 Å². The highest BCUT2D eigenvalue weighted by molar-refractivity contribution is 5.94. The predicted octanol–water partition coefficient (Wildman–Crippen LogP) is 3.31. The molecule has 3 aliphatic rings. The van der Waals surface area contributed by atoms with Gasteiger partial charge in [0, 0.05) is 57.2 Å². The molecule has 0 bridgehead atoms. The fourth-order valence-corrected chi connectivity index (χ4v) is 4.61. The number of carbonyl (C=O) groups excluding carboxylic acids is 1. The number of carbonyl (C=O) groups is 1. The van der Waals surface area contributed by atoms with Crippen molar-refractivity contribution < 1.29 is 4.79 Å². The van der Waals surface area contributed by atoms with Gasteiger partial charge in [0.1, 0.15) is 11.6 Å². The predicted molar refractivity (Wildman–Crippen MR) is 109 cm³/mol. The summed E-state index contributed by atoms with van der Waals surface area (Å²) < 4.78 is 2.37. The van der Waals surface area contributed by atoms with Crippen LogP contribution < -0.4 is 4.90 Å². The Morgan fingerprint density at radius 2 is 1.89 bits per heavy atom. The van der Waals surface area contributed by atoms with E-state index in [1.807, 2.05) is 23.2 Å². The van der Waals surface area contributed by atoms with Crippen molar-refractivity contribution in [3.8, 4) is 0 Å². The van der Waals surface area contributed by atoms with Crippen molar-refractivity contribution in [1.82, 2.24) is 19.4 Å². The van der Waals surface area contributed by atoms with Crippen LogP contribution in [-0.4, -0.2) is 51.5 Å². The molecule has 4 heterocycles. The number of anilines is 1. The van der Waals surface area contributed by atoms with Gasteiger partial charge in [-0.3, -0.25) is 4.79 Å². The SMILES string of the molecule is O=C(c1ccc(N2CCCC(c3nccn3CC3CC3)C2)nc1)N1CCCC1. The Balaban J connectivity index is 1.27. The van der Waals surface area contributed by atoms with Crippen molar-refractivity contribution in [2.75, 3.05) is 31.1 Å². The number of rotatable bonds is 5. The molecule has 1 unspecified atom stereocenters. The number of hydrogen-bond donors (Lipinski definition) is 0. The first kappa shape index (κ1) is 17.7. The maximum atomic E-state index is 12.5. The number of nitrogens with zero attached hydrogens (tertiary/aromatic N) is 5. The molecule has 148 valence electrons. The van der Waals surface area contributed by atoms with Crippen LogP contribution in [0.15, 0.2) is 30.7 Å². The zero-order valence-electron chi connectivity index (χ0n) is 16.5. The summed E-state index contributed by atoms with van der Waals surface area (Å²) in [6.45, 7) is 4.85. The molecule has 1 aliphatic carbocycles. The third-order valence-corrected chi connectivity index (χ3v) is 6.40. The molecule has 28 heavy (non-hydrogen) atoms. The largest absolute Gasteiger partial charge is 0.356 e. The molecule has 0 radical (unpaired) electrons. The van der Waals surface area contributed by atoms with E-state index in [4.69, 9.17) is 4.98 Å². The number of amides is 1. The van der Waals surface area contributed by atoms with Gasteiger partial charge < -0.3 is 14.4 Å². The summed E-state index contributed by atoms with van der Waals surface area (Å²) >= 11 is 0. The van der Waals surface area contributed by atoms with Gasteiger partial charge in [-0.25, -0.2) is 9.97 Å². The molecule has 2 saturated heterocycles. The quantitative estimate of drug-likeness (QED) is 0.800. The van der Waals surface area contributed by atoms with E-state index in [9.17, 15) is 4.79 Å². The molecule has 2 aromatic rings. The van der Waals surface area contributed by atoms with Gasteiger partial charge in [0.25, 0.3) is 5.91 Å². The summed E-state index contributed by atoms with van der Waals surface area (Å²) in [4.78, 5) is 26.2. The monoisotopic (exact) mass is 379 g/mol. The van der Waals surface area contributed by atoms with E-state index in [1.165, 1.54) is 25.1 Å². The molecule has 1 amide bonds. The summed E-state index contributed by atoms with van der Waals surface area (Å²) in [7, 11) is 0. The topological polar surface area (TPSA) is 54.3 Å². The number of piperidine rings is 1. The lowest BCUT2D eigenvalue weighted by Gasteiger charge is -2.33. The minimum atomic E-state index is 0.121. The van der Waals surface area contributed by atoms with Gasteiger partial charge in [-0.2, -0.15) is 0 Å². The van der Waals surface area contributed by atoms with Crippen molar-refractivity contribution in [1.29, 1.82) is 0 Å². The van der Waals surface area contributed by atoms with Crippen LogP contribution in [0, 0.1) is 5.92 Å². The van der Waals surface area contributed by atoms with E-state index >= 15 is 0 Å². The fraction of sp³-hybridized carbons (Fsp3) is 0.591. The third-order valence-electron chi connectivity index (χ3n) is 6.40. The zero-order chi connectivity index (χ0) is 18.9. The Morgan fingerprint density at radius 3 is 2.64 bits per heavy atom. The first-order chi connectivity index (χ1) is 13.8. The molecule has 6 nitrogen and oxygen atoms in total. The minimum Gasteiger partial charge on any atom is -0.356 e. The van der Waals surface area contributed by atoms with Crippen LogP contribution in [0.5, 0.6) is 0 Å². The van der Waals surface area contributed by atoms with Gasteiger partial charge in [-0.1, -0.05) is 0 Å². The molecule has 2 aromatic heterocycles. The second-order valence-corrected chi connectivity index (χ2v) is 8.57.